The van der Waals surface area contributed by atoms with E-state index in [1.165, 1.54) is 6.07 Å². The van der Waals surface area contributed by atoms with E-state index in [0.717, 1.165) is 5.56 Å². The number of nitriles is 1. The fraction of sp³-hybridized carbons (Fsp3) is 0.100. The number of ketones is 1. The van der Waals surface area contributed by atoms with Gasteiger partial charge in [-0.05, 0) is 5.56 Å². The van der Waals surface area contributed by atoms with Gasteiger partial charge in [-0.1, -0.05) is 35.5 Å². The van der Waals surface area contributed by atoms with Gasteiger partial charge in [0.25, 0.3) is 0 Å². The zero-order chi connectivity index (χ0) is 10.4. The third kappa shape index (κ3) is 2.42. The van der Waals surface area contributed by atoms with Gasteiger partial charge < -0.3 is 5.21 Å². The van der Waals surface area contributed by atoms with E-state index in [1.807, 2.05) is 6.07 Å². The molecule has 0 aliphatic rings. The number of oxime groups is 1. The fourth-order valence-corrected chi connectivity index (χ4v) is 1.01. The van der Waals surface area contributed by atoms with Gasteiger partial charge in [-0.3, -0.25) is 4.79 Å². The maximum atomic E-state index is 11.3. The topological polar surface area (TPSA) is 73.4 Å². The molecule has 1 aromatic rings. The summed E-state index contributed by atoms with van der Waals surface area (Å²) < 4.78 is 0. The van der Waals surface area contributed by atoms with Crippen molar-refractivity contribution in [2.45, 2.75) is 6.42 Å². The molecule has 0 aliphatic carbocycles. The van der Waals surface area contributed by atoms with Gasteiger partial charge in [0.2, 0.25) is 5.71 Å². The lowest BCUT2D eigenvalue weighted by Crippen LogP contribution is -2.14. The summed E-state index contributed by atoms with van der Waals surface area (Å²) in [7, 11) is 0. The second kappa shape index (κ2) is 4.77. The third-order valence-corrected chi connectivity index (χ3v) is 1.68. The normalized spacial score (nSPS) is 10.6. The molecule has 0 aliphatic heterocycles. The number of nitrogens with zero attached hydrogens (tertiary/aromatic N) is 2. The molecule has 0 heterocycles. The Balaban J connectivity index is 2.73. The van der Waals surface area contributed by atoms with Crippen molar-refractivity contribution in [1.82, 2.24) is 0 Å². The van der Waals surface area contributed by atoms with Crippen LogP contribution in [-0.4, -0.2) is 16.7 Å². The number of rotatable bonds is 3. The maximum Gasteiger partial charge on any atom is 0.222 e. The van der Waals surface area contributed by atoms with Gasteiger partial charge in [0.15, 0.2) is 5.78 Å². The first-order valence-electron chi connectivity index (χ1n) is 3.97. The molecule has 1 N–H and O–H groups in total. The molecular weight excluding hydrogens is 180 g/mol. The van der Waals surface area contributed by atoms with E-state index < -0.39 is 11.5 Å². The van der Waals surface area contributed by atoms with E-state index in [4.69, 9.17) is 10.5 Å². The second-order valence-corrected chi connectivity index (χ2v) is 2.65. The van der Waals surface area contributed by atoms with Crippen LogP contribution in [0.3, 0.4) is 0 Å². The molecule has 0 spiro atoms. The summed E-state index contributed by atoms with van der Waals surface area (Å²) in [6.07, 6.45) is 0.0772. The summed E-state index contributed by atoms with van der Waals surface area (Å²) in [6.45, 7) is 0. The van der Waals surface area contributed by atoms with E-state index in [2.05, 4.69) is 5.16 Å². The van der Waals surface area contributed by atoms with E-state index in [1.54, 1.807) is 24.3 Å². The fourth-order valence-electron chi connectivity index (χ4n) is 1.01. The molecule has 0 radical (unpaired) electrons. The van der Waals surface area contributed by atoms with Crippen LogP contribution in [0.1, 0.15) is 5.56 Å². The van der Waals surface area contributed by atoms with Crippen molar-refractivity contribution in [2.24, 2.45) is 5.16 Å². The van der Waals surface area contributed by atoms with Crippen LogP contribution in [0.2, 0.25) is 0 Å². The Kier molecular flexibility index (Phi) is 3.39. The van der Waals surface area contributed by atoms with Crippen LogP contribution in [-0.2, 0) is 11.2 Å². The van der Waals surface area contributed by atoms with Crippen molar-refractivity contribution in [3.05, 3.63) is 35.9 Å². The van der Waals surface area contributed by atoms with Crippen LogP contribution in [0.15, 0.2) is 35.5 Å². The Labute approximate surface area is 81.1 Å². The lowest BCUT2D eigenvalue weighted by molar-refractivity contribution is -0.112. The highest BCUT2D eigenvalue weighted by atomic mass is 16.4. The molecule has 0 saturated carbocycles. The summed E-state index contributed by atoms with van der Waals surface area (Å²) in [6, 6.07) is 10.5. The molecule has 1 aromatic carbocycles. The summed E-state index contributed by atoms with van der Waals surface area (Å²) in [5.74, 6) is -0.485. The molecule has 14 heavy (non-hydrogen) atoms. The molecule has 0 saturated heterocycles. The number of carbonyl (C=O) groups excluding carboxylic acids is 1. The number of Topliss-reactive ketones (excluding diaryl/α,β-unsaturated/α-hetero) is 1. The Bertz CT molecular complexity index is 390. The monoisotopic (exact) mass is 188 g/mol. The molecule has 4 nitrogen and oxygen atoms in total. The van der Waals surface area contributed by atoms with Crippen LogP contribution in [0, 0.1) is 11.3 Å². The van der Waals surface area contributed by atoms with E-state index >= 15 is 0 Å². The quantitative estimate of drug-likeness (QED) is 0.439. The Hall–Kier alpha value is -2.15. The van der Waals surface area contributed by atoms with Crippen molar-refractivity contribution < 1.29 is 10.0 Å². The summed E-state index contributed by atoms with van der Waals surface area (Å²) in [5, 5.41) is 19.3. The minimum Gasteiger partial charge on any atom is -0.410 e. The number of benzene rings is 1. The average Bonchev–Trinajstić information content (AvgIpc) is 2.21. The smallest absolute Gasteiger partial charge is 0.222 e. The summed E-state index contributed by atoms with van der Waals surface area (Å²) in [5.41, 5.74) is 0.322. The van der Waals surface area contributed by atoms with Gasteiger partial charge in [0.1, 0.15) is 6.07 Å². The zero-order valence-electron chi connectivity index (χ0n) is 7.34. The van der Waals surface area contributed by atoms with Gasteiger partial charge in [0, 0.05) is 6.42 Å². The standard InChI is InChI=1S/C10H8N2O2/c11-7-9(12-14)10(13)6-8-4-2-1-3-5-8/h1-5,14H,6H2. The minimum atomic E-state index is -0.485. The molecule has 4 heteroatoms. The van der Waals surface area contributed by atoms with Crippen molar-refractivity contribution in [3.63, 3.8) is 0 Å². The first kappa shape index (κ1) is 9.93. The molecule has 70 valence electrons. The molecule has 1 rings (SSSR count). The van der Waals surface area contributed by atoms with Gasteiger partial charge in [-0.2, -0.15) is 5.26 Å². The molecule has 0 unspecified atom stereocenters. The van der Waals surface area contributed by atoms with Gasteiger partial charge in [-0.15, -0.1) is 0 Å². The van der Waals surface area contributed by atoms with E-state index in [9.17, 15) is 4.79 Å². The SMILES string of the molecule is N#CC(=NO)C(=O)Cc1ccccc1. The zero-order valence-corrected chi connectivity index (χ0v) is 7.34. The molecule has 0 amide bonds. The highest BCUT2D eigenvalue weighted by Gasteiger charge is 2.11. The second-order valence-electron chi connectivity index (χ2n) is 2.65. The van der Waals surface area contributed by atoms with Crippen molar-refractivity contribution in [1.29, 1.82) is 5.26 Å². The largest absolute Gasteiger partial charge is 0.410 e. The number of carbonyl (C=O) groups is 1. The van der Waals surface area contributed by atoms with Gasteiger partial charge in [0.05, 0.1) is 0 Å². The number of hydrogen-bond acceptors (Lipinski definition) is 4. The third-order valence-electron chi connectivity index (χ3n) is 1.68. The Morgan fingerprint density at radius 1 is 1.43 bits per heavy atom. The predicted octanol–water partition coefficient (Wildman–Crippen LogP) is 1.15. The first-order chi connectivity index (χ1) is 6.77. The minimum absolute atomic E-state index is 0.0772. The van der Waals surface area contributed by atoms with E-state index in [-0.39, 0.29) is 6.42 Å². The van der Waals surface area contributed by atoms with Gasteiger partial charge in [-0.25, -0.2) is 0 Å². The first-order valence-corrected chi connectivity index (χ1v) is 3.97. The van der Waals surface area contributed by atoms with Crippen LogP contribution in [0.4, 0.5) is 0 Å². The number of hydrogen-bond donors (Lipinski definition) is 1. The molecular formula is C10H8N2O2. The van der Waals surface area contributed by atoms with Crippen LogP contribution >= 0.6 is 0 Å². The highest BCUT2D eigenvalue weighted by Crippen LogP contribution is 2.00. The molecule has 0 atom stereocenters. The van der Waals surface area contributed by atoms with Crippen LogP contribution in [0.25, 0.3) is 0 Å². The van der Waals surface area contributed by atoms with Crippen molar-refractivity contribution in [2.75, 3.05) is 0 Å². The van der Waals surface area contributed by atoms with E-state index in [0.29, 0.717) is 0 Å². The summed E-state index contributed by atoms with van der Waals surface area (Å²) in [4.78, 5) is 11.3. The predicted molar refractivity (Wildman–Crippen MR) is 50.0 cm³/mol. The molecule has 0 fully saturated rings. The van der Waals surface area contributed by atoms with Crippen molar-refractivity contribution >= 4 is 11.5 Å². The van der Waals surface area contributed by atoms with Crippen molar-refractivity contribution in [3.8, 4) is 6.07 Å². The maximum absolute atomic E-state index is 11.3. The molecule has 0 aromatic heterocycles. The Morgan fingerprint density at radius 3 is 2.57 bits per heavy atom. The summed E-state index contributed by atoms with van der Waals surface area (Å²) >= 11 is 0. The van der Waals surface area contributed by atoms with Crippen LogP contribution in [0.5, 0.6) is 0 Å². The Morgan fingerprint density at radius 2 is 2.07 bits per heavy atom. The lowest BCUT2D eigenvalue weighted by Gasteiger charge is -1.96. The average molecular weight is 188 g/mol. The highest BCUT2D eigenvalue weighted by molar-refractivity contribution is 6.46. The van der Waals surface area contributed by atoms with Gasteiger partial charge >= 0.3 is 0 Å². The molecule has 0 bridgehead atoms. The lowest BCUT2D eigenvalue weighted by atomic mass is 10.1. The van der Waals surface area contributed by atoms with Crippen LogP contribution < -0.4 is 0 Å².